The molecular formula is C14H18BrN3O2. The number of hydrogen-bond donors (Lipinski definition) is 1. The number of carbonyl (C=O) groups excluding carboxylic acids is 2. The Morgan fingerprint density at radius 3 is 2.25 bits per heavy atom. The van der Waals surface area contributed by atoms with Gasteiger partial charge < -0.3 is 15.5 Å². The summed E-state index contributed by atoms with van der Waals surface area (Å²) in [5.41, 5.74) is 7.92. The molecule has 2 amide bonds. The summed E-state index contributed by atoms with van der Waals surface area (Å²) in [5, 5.41) is 0. The molecule has 0 saturated carbocycles. The number of hydrogen-bond acceptors (Lipinski definition) is 3. The van der Waals surface area contributed by atoms with E-state index in [4.69, 9.17) is 5.73 Å². The number of rotatable bonds is 1. The number of nitrogen functional groups attached to an aromatic ring is 1. The molecule has 1 aliphatic heterocycles. The highest BCUT2D eigenvalue weighted by Crippen LogP contribution is 2.24. The normalized spacial score (nSPS) is 15.3. The van der Waals surface area contributed by atoms with E-state index < -0.39 is 0 Å². The van der Waals surface area contributed by atoms with Crippen LogP contribution in [0, 0.1) is 6.92 Å². The van der Waals surface area contributed by atoms with Crippen molar-refractivity contribution < 1.29 is 9.59 Å². The van der Waals surface area contributed by atoms with Crippen LogP contribution in [-0.2, 0) is 4.79 Å². The molecule has 0 aromatic heterocycles. The van der Waals surface area contributed by atoms with Crippen molar-refractivity contribution in [1.29, 1.82) is 0 Å². The first-order valence-corrected chi connectivity index (χ1v) is 7.30. The van der Waals surface area contributed by atoms with E-state index >= 15 is 0 Å². The third-order valence-electron chi connectivity index (χ3n) is 3.66. The lowest BCUT2D eigenvalue weighted by Gasteiger charge is -2.34. The van der Waals surface area contributed by atoms with E-state index in [0.29, 0.717) is 37.4 Å². The first-order valence-electron chi connectivity index (χ1n) is 6.50. The van der Waals surface area contributed by atoms with Crippen LogP contribution in [0.25, 0.3) is 0 Å². The molecule has 1 aliphatic rings. The van der Waals surface area contributed by atoms with Gasteiger partial charge in [0.1, 0.15) is 0 Å². The van der Waals surface area contributed by atoms with Gasteiger partial charge in [0.2, 0.25) is 5.91 Å². The average molecular weight is 340 g/mol. The molecule has 20 heavy (non-hydrogen) atoms. The second-order valence-corrected chi connectivity index (χ2v) is 5.88. The number of benzene rings is 1. The van der Waals surface area contributed by atoms with Gasteiger partial charge >= 0.3 is 0 Å². The van der Waals surface area contributed by atoms with Gasteiger partial charge in [-0.25, -0.2) is 0 Å². The maximum absolute atomic E-state index is 12.5. The van der Waals surface area contributed by atoms with Crippen LogP contribution in [0.4, 0.5) is 5.69 Å². The number of piperazine rings is 1. The second-order valence-electron chi connectivity index (χ2n) is 4.97. The lowest BCUT2D eigenvalue weighted by atomic mass is 10.1. The molecule has 5 nitrogen and oxygen atoms in total. The number of amides is 2. The van der Waals surface area contributed by atoms with Crippen LogP contribution in [-0.4, -0.2) is 47.8 Å². The summed E-state index contributed by atoms with van der Waals surface area (Å²) >= 11 is 3.36. The Labute approximate surface area is 126 Å². The maximum atomic E-state index is 12.5. The Morgan fingerprint density at radius 2 is 1.70 bits per heavy atom. The van der Waals surface area contributed by atoms with Gasteiger partial charge in [0.15, 0.2) is 0 Å². The van der Waals surface area contributed by atoms with E-state index in [1.54, 1.807) is 28.9 Å². The minimum absolute atomic E-state index is 0.0290. The van der Waals surface area contributed by atoms with Crippen molar-refractivity contribution in [2.75, 3.05) is 31.9 Å². The molecule has 0 spiro atoms. The van der Waals surface area contributed by atoms with Crippen molar-refractivity contribution >= 4 is 33.4 Å². The summed E-state index contributed by atoms with van der Waals surface area (Å²) in [7, 11) is 0. The molecule has 0 atom stereocenters. The van der Waals surface area contributed by atoms with Crippen molar-refractivity contribution in [3.05, 3.63) is 27.7 Å². The average Bonchev–Trinajstić information content (AvgIpc) is 2.42. The molecule has 1 saturated heterocycles. The van der Waals surface area contributed by atoms with Gasteiger partial charge in [-0.15, -0.1) is 0 Å². The van der Waals surface area contributed by atoms with Gasteiger partial charge in [0, 0.05) is 48.8 Å². The smallest absolute Gasteiger partial charge is 0.254 e. The molecule has 6 heteroatoms. The molecule has 1 aromatic carbocycles. The molecule has 2 N–H and O–H groups in total. The molecule has 108 valence electrons. The maximum Gasteiger partial charge on any atom is 0.254 e. The Bertz CT molecular complexity index is 552. The van der Waals surface area contributed by atoms with E-state index in [2.05, 4.69) is 15.9 Å². The van der Waals surface area contributed by atoms with E-state index in [0.717, 1.165) is 10.0 Å². The SMILES string of the molecule is CC(=O)N1CCN(C(=O)c2cc(Br)cc(N)c2C)CC1. The third kappa shape index (κ3) is 2.95. The van der Waals surface area contributed by atoms with Crippen LogP contribution in [0.15, 0.2) is 16.6 Å². The lowest BCUT2D eigenvalue weighted by Crippen LogP contribution is -2.50. The second kappa shape index (κ2) is 5.83. The number of nitrogens with two attached hydrogens (primary N) is 1. The van der Waals surface area contributed by atoms with Gasteiger partial charge in [-0.05, 0) is 24.6 Å². The third-order valence-corrected chi connectivity index (χ3v) is 4.11. The molecule has 0 radical (unpaired) electrons. The minimum atomic E-state index is -0.0290. The topological polar surface area (TPSA) is 66.6 Å². The highest BCUT2D eigenvalue weighted by molar-refractivity contribution is 9.10. The Hall–Kier alpha value is -1.56. The standard InChI is InChI=1S/C14H18BrN3O2/c1-9-12(7-11(15)8-13(9)16)14(20)18-5-3-17(4-6-18)10(2)19/h7-8H,3-6,16H2,1-2H3. The van der Waals surface area contributed by atoms with Crippen molar-refractivity contribution in [2.45, 2.75) is 13.8 Å². The van der Waals surface area contributed by atoms with Gasteiger partial charge in [-0.1, -0.05) is 15.9 Å². The van der Waals surface area contributed by atoms with Gasteiger partial charge in [0.05, 0.1) is 0 Å². The van der Waals surface area contributed by atoms with Crippen LogP contribution < -0.4 is 5.73 Å². The zero-order valence-corrected chi connectivity index (χ0v) is 13.2. The Morgan fingerprint density at radius 1 is 1.15 bits per heavy atom. The number of halogens is 1. The molecule has 1 heterocycles. The fourth-order valence-corrected chi connectivity index (χ4v) is 2.79. The molecule has 1 aromatic rings. The molecule has 2 rings (SSSR count). The quantitative estimate of drug-likeness (QED) is 0.791. The first kappa shape index (κ1) is 14.8. The molecule has 0 unspecified atom stereocenters. The molecule has 0 aliphatic carbocycles. The largest absolute Gasteiger partial charge is 0.398 e. The summed E-state index contributed by atoms with van der Waals surface area (Å²) < 4.78 is 0.798. The zero-order chi connectivity index (χ0) is 14.9. The van der Waals surface area contributed by atoms with E-state index in [9.17, 15) is 9.59 Å². The summed E-state index contributed by atoms with van der Waals surface area (Å²) in [4.78, 5) is 27.4. The van der Waals surface area contributed by atoms with Crippen LogP contribution in [0.2, 0.25) is 0 Å². The minimum Gasteiger partial charge on any atom is -0.398 e. The van der Waals surface area contributed by atoms with Crippen LogP contribution in [0.5, 0.6) is 0 Å². The fraction of sp³-hybridized carbons (Fsp3) is 0.429. The fourth-order valence-electron chi connectivity index (χ4n) is 2.32. The summed E-state index contributed by atoms with van der Waals surface area (Å²) in [6.45, 7) is 5.69. The first-order chi connectivity index (χ1) is 9.40. The summed E-state index contributed by atoms with van der Waals surface area (Å²) in [6.07, 6.45) is 0. The van der Waals surface area contributed by atoms with E-state index in [1.807, 2.05) is 6.92 Å². The summed E-state index contributed by atoms with van der Waals surface area (Å²) in [6, 6.07) is 3.59. The Balaban J connectivity index is 2.15. The Kier molecular flexibility index (Phi) is 4.32. The van der Waals surface area contributed by atoms with Crippen molar-refractivity contribution in [3.63, 3.8) is 0 Å². The predicted molar refractivity (Wildman–Crippen MR) is 81.4 cm³/mol. The highest BCUT2D eigenvalue weighted by Gasteiger charge is 2.24. The van der Waals surface area contributed by atoms with E-state index in [-0.39, 0.29) is 11.8 Å². The summed E-state index contributed by atoms with van der Waals surface area (Å²) in [5.74, 6) is 0.0266. The van der Waals surface area contributed by atoms with Gasteiger partial charge in [-0.2, -0.15) is 0 Å². The number of anilines is 1. The van der Waals surface area contributed by atoms with Gasteiger partial charge in [-0.3, -0.25) is 9.59 Å². The molecule has 1 fully saturated rings. The lowest BCUT2D eigenvalue weighted by molar-refractivity contribution is -0.130. The van der Waals surface area contributed by atoms with Crippen molar-refractivity contribution in [3.8, 4) is 0 Å². The monoisotopic (exact) mass is 339 g/mol. The van der Waals surface area contributed by atoms with Crippen LogP contribution >= 0.6 is 15.9 Å². The van der Waals surface area contributed by atoms with E-state index in [1.165, 1.54) is 0 Å². The number of nitrogens with zero attached hydrogens (tertiary/aromatic N) is 2. The predicted octanol–water partition coefficient (Wildman–Crippen LogP) is 1.64. The molecule has 0 bridgehead atoms. The molecular weight excluding hydrogens is 322 g/mol. The zero-order valence-electron chi connectivity index (χ0n) is 11.6. The van der Waals surface area contributed by atoms with Crippen LogP contribution in [0.3, 0.4) is 0 Å². The van der Waals surface area contributed by atoms with Crippen molar-refractivity contribution in [2.24, 2.45) is 0 Å². The highest BCUT2D eigenvalue weighted by atomic mass is 79.9. The van der Waals surface area contributed by atoms with Crippen molar-refractivity contribution in [1.82, 2.24) is 9.80 Å². The number of carbonyl (C=O) groups is 2. The van der Waals surface area contributed by atoms with Crippen LogP contribution in [0.1, 0.15) is 22.8 Å². The van der Waals surface area contributed by atoms with Gasteiger partial charge in [0.25, 0.3) is 5.91 Å².